The molecule has 3 aromatic carbocycles. The number of anilines is 1. The van der Waals surface area contributed by atoms with Gasteiger partial charge in [-0.2, -0.15) is 0 Å². The van der Waals surface area contributed by atoms with E-state index in [1.807, 2.05) is 12.1 Å². The second-order valence-electron chi connectivity index (χ2n) is 7.26. The topological polar surface area (TPSA) is 58.6 Å². The molecule has 11 heteroatoms. The molecule has 1 fully saturated rings. The maximum Gasteiger partial charge on any atom is 0.270 e. The predicted molar refractivity (Wildman–Crippen MR) is 145 cm³/mol. The lowest BCUT2D eigenvalue weighted by molar-refractivity contribution is -0.122. The summed E-state index contributed by atoms with van der Waals surface area (Å²) in [5.74, 6) is -1.10. The SMILES string of the molecule is O=C1NC(=S)N(c2cccc(Cl)c2Cl)C(=O)/C1=C/c1cc(Cl)c(OCc2ccc(Cl)cc2)c(Cl)c1. The Morgan fingerprint density at radius 2 is 1.57 bits per heavy atom. The number of halogens is 5. The average Bonchev–Trinajstić information content (AvgIpc) is 2.80. The standard InChI is InChI=1S/C24H13Cl5N2O3S/c25-14-6-4-12(5-7-14)11-34-21-17(27)9-13(10-18(21)28)8-15-22(32)30-24(35)31(23(15)33)19-3-1-2-16(26)20(19)29/h1-10H,11H2,(H,30,32,35)/b15-8+. The molecular weight excluding hydrogens is 574 g/mol. The Morgan fingerprint density at radius 3 is 2.23 bits per heavy atom. The molecule has 0 aliphatic carbocycles. The van der Waals surface area contributed by atoms with Crippen molar-refractivity contribution >= 4 is 98.9 Å². The zero-order valence-corrected chi connectivity index (χ0v) is 22.0. The van der Waals surface area contributed by atoms with Crippen molar-refractivity contribution < 1.29 is 14.3 Å². The van der Waals surface area contributed by atoms with E-state index in [9.17, 15) is 9.59 Å². The van der Waals surface area contributed by atoms with Gasteiger partial charge in [-0.25, -0.2) is 0 Å². The van der Waals surface area contributed by atoms with Crippen LogP contribution in [0.25, 0.3) is 6.08 Å². The van der Waals surface area contributed by atoms with Crippen molar-refractivity contribution in [2.24, 2.45) is 0 Å². The first-order chi connectivity index (χ1) is 16.7. The number of nitrogens with zero attached hydrogens (tertiary/aromatic N) is 1. The number of benzene rings is 3. The van der Waals surface area contributed by atoms with Gasteiger partial charge in [0.2, 0.25) is 0 Å². The molecule has 4 rings (SSSR count). The molecule has 0 radical (unpaired) electrons. The van der Waals surface area contributed by atoms with Crippen LogP contribution in [0.4, 0.5) is 5.69 Å². The van der Waals surface area contributed by atoms with Crippen molar-refractivity contribution in [1.29, 1.82) is 0 Å². The minimum atomic E-state index is -0.682. The van der Waals surface area contributed by atoms with E-state index in [0.29, 0.717) is 10.6 Å². The molecule has 1 aliphatic heterocycles. The van der Waals surface area contributed by atoms with Gasteiger partial charge in [-0.15, -0.1) is 0 Å². The highest BCUT2D eigenvalue weighted by molar-refractivity contribution is 7.80. The van der Waals surface area contributed by atoms with Gasteiger partial charge in [-0.3, -0.25) is 19.8 Å². The fourth-order valence-corrected chi connectivity index (χ4v) is 4.64. The number of nitrogens with one attached hydrogen (secondary N) is 1. The summed E-state index contributed by atoms with van der Waals surface area (Å²) in [7, 11) is 0. The van der Waals surface area contributed by atoms with Gasteiger partial charge in [0.1, 0.15) is 12.2 Å². The van der Waals surface area contributed by atoms with E-state index in [2.05, 4.69) is 5.32 Å². The van der Waals surface area contributed by atoms with Crippen molar-refractivity contribution in [1.82, 2.24) is 5.32 Å². The lowest BCUT2D eigenvalue weighted by Crippen LogP contribution is -2.54. The monoisotopic (exact) mass is 584 g/mol. The van der Waals surface area contributed by atoms with Crippen LogP contribution in [0.15, 0.2) is 60.2 Å². The molecule has 1 aliphatic rings. The van der Waals surface area contributed by atoms with Gasteiger partial charge in [0.25, 0.3) is 11.8 Å². The van der Waals surface area contributed by atoms with Gasteiger partial charge in [0.05, 0.1) is 25.8 Å². The molecule has 1 heterocycles. The molecule has 0 atom stereocenters. The Kier molecular flexibility index (Phi) is 7.91. The van der Waals surface area contributed by atoms with Crippen LogP contribution in [0, 0.1) is 0 Å². The molecule has 0 bridgehead atoms. The van der Waals surface area contributed by atoms with Crippen molar-refractivity contribution in [3.8, 4) is 5.75 Å². The van der Waals surface area contributed by atoms with Crippen molar-refractivity contribution in [2.75, 3.05) is 4.90 Å². The summed E-state index contributed by atoms with van der Waals surface area (Å²) in [6.45, 7) is 0.213. The maximum atomic E-state index is 13.2. The number of ether oxygens (including phenoxy) is 1. The third-order valence-corrected chi connectivity index (χ3v) is 6.81. The number of carbonyl (C=O) groups excluding carboxylic acids is 2. The van der Waals surface area contributed by atoms with Crippen LogP contribution in [0.2, 0.25) is 25.1 Å². The quantitative estimate of drug-likeness (QED) is 0.193. The van der Waals surface area contributed by atoms with Crippen molar-refractivity contribution in [3.63, 3.8) is 0 Å². The van der Waals surface area contributed by atoms with E-state index in [1.54, 1.807) is 30.3 Å². The predicted octanol–water partition coefficient (Wildman–Crippen LogP) is 7.36. The summed E-state index contributed by atoms with van der Waals surface area (Å²) < 4.78 is 5.77. The Bertz CT molecular complexity index is 1370. The van der Waals surface area contributed by atoms with Gasteiger partial charge < -0.3 is 4.74 Å². The van der Waals surface area contributed by atoms with Gasteiger partial charge in [-0.1, -0.05) is 76.2 Å². The molecule has 0 spiro atoms. The first-order valence-electron chi connectivity index (χ1n) is 9.87. The number of rotatable bonds is 5. The summed E-state index contributed by atoms with van der Waals surface area (Å²) in [5, 5.41) is 3.73. The molecule has 3 aromatic rings. The largest absolute Gasteiger partial charge is 0.486 e. The van der Waals surface area contributed by atoms with Crippen LogP contribution in [0.1, 0.15) is 11.1 Å². The van der Waals surface area contributed by atoms with E-state index >= 15 is 0 Å². The van der Waals surface area contributed by atoms with E-state index in [1.165, 1.54) is 18.2 Å². The molecule has 1 saturated heterocycles. The third-order valence-electron chi connectivity index (χ3n) is 4.90. The third kappa shape index (κ3) is 5.59. The second kappa shape index (κ2) is 10.7. The summed E-state index contributed by atoms with van der Waals surface area (Å²) >= 11 is 36.2. The minimum absolute atomic E-state index is 0.119. The van der Waals surface area contributed by atoms with Crippen LogP contribution in [0.5, 0.6) is 5.75 Å². The first-order valence-corrected chi connectivity index (χ1v) is 12.2. The van der Waals surface area contributed by atoms with Crippen LogP contribution in [0.3, 0.4) is 0 Å². The zero-order chi connectivity index (χ0) is 25.3. The summed E-state index contributed by atoms with van der Waals surface area (Å²) in [4.78, 5) is 26.9. The molecule has 178 valence electrons. The number of carbonyl (C=O) groups is 2. The van der Waals surface area contributed by atoms with Crippen molar-refractivity contribution in [2.45, 2.75) is 6.61 Å². The zero-order valence-electron chi connectivity index (χ0n) is 17.5. The highest BCUT2D eigenvalue weighted by Gasteiger charge is 2.35. The normalized spacial score (nSPS) is 14.9. The number of thiocarbonyl (C=S) groups is 1. The molecule has 0 aromatic heterocycles. The fourth-order valence-electron chi connectivity index (χ4n) is 3.24. The van der Waals surface area contributed by atoms with Gasteiger partial charge in [0, 0.05) is 5.02 Å². The molecular formula is C24H13Cl5N2O3S. The Morgan fingerprint density at radius 1 is 0.914 bits per heavy atom. The van der Waals surface area contributed by atoms with Gasteiger partial charge in [-0.05, 0) is 65.8 Å². The van der Waals surface area contributed by atoms with Crippen LogP contribution >= 0.6 is 70.2 Å². The molecule has 0 saturated carbocycles. The average molecular weight is 587 g/mol. The van der Waals surface area contributed by atoms with E-state index in [-0.39, 0.29) is 48.8 Å². The Hall–Kier alpha value is -2.32. The van der Waals surface area contributed by atoms with Crippen LogP contribution in [-0.2, 0) is 16.2 Å². The van der Waals surface area contributed by atoms with E-state index in [0.717, 1.165) is 10.5 Å². The highest BCUT2D eigenvalue weighted by Crippen LogP contribution is 2.37. The number of hydrogen-bond acceptors (Lipinski definition) is 4. The van der Waals surface area contributed by atoms with Gasteiger partial charge >= 0.3 is 0 Å². The van der Waals surface area contributed by atoms with Gasteiger partial charge in [0.15, 0.2) is 10.9 Å². The fraction of sp³-hybridized carbons (Fsp3) is 0.0417. The van der Waals surface area contributed by atoms with Crippen LogP contribution < -0.4 is 15.0 Å². The lowest BCUT2D eigenvalue weighted by Gasteiger charge is -2.29. The Labute approximate surface area is 231 Å². The molecule has 0 unspecified atom stereocenters. The number of amides is 2. The molecule has 1 N–H and O–H groups in total. The van der Waals surface area contributed by atoms with Crippen LogP contribution in [-0.4, -0.2) is 16.9 Å². The first kappa shape index (κ1) is 25.8. The minimum Gasteiger partial charge on any atom is -0.486 e. The Balaban J connectivity index is 1.63. The molecule has 5 nitrogen and oxygen atoms in total. The van der Waals surface area contributed by atoms with E-state index in [4.69, 9.17) is 75.0 Å². The maximum absolute atomic E-state index is 13.2. The highest BCUT2D eigenvalue weighted by atomic mass is 35.5. The summed E-state index contributed by atoms with van der Waals surface area (Å²) in [6.07, 6.45) is 1.35. The summed E-state index contributed by atoms with van der Waals surface area (Å²) in [5.41, 5.74) is 1.31. The molecule has 2 amide bonds. The lowest BCUT2D eigenvalue weighted by atomic mass is 10.1. The smallest absolute Gasteiger partial charge is 0.270 e. The second-order valence-corrected chi connectivity index (χ2v) is 9.68. The van der Waals surface area contributed by atoms with Crippen molar-refractivity contribution in [3.05, 3.63) is 96.4 Å². The molecule has 35 heavy (non-hydrogen) atoms. The summed E-state index contributed by atoms with van der Waals surface area (Å²) in [6, 6.07) is 14.9. The number of hydrogen-bond donors (Lipinski definition) is 1. The van der Waals surface area contributed by atoms with E-state index < -0.39 is 11.8 Å².